The number of hydrogen-bond donors (Lipinski definition) is 2. The van der Waals surface area contributed by atoms with Gasteiger partial charge in [0, 0.05) is 0 Å². The van der Waals surface area contributed by atoms with E-state index in [2.05, 4.69) is 5.32 Å². The van der Waals surface area contributed by atoms with Crippen LogP contribution in [0.2, 0.25) is 0 Å². The lowest BCUT2D eigenvalue weighted by Crippen LogP contribution is -2.13. The van der Waals surface area contributed by atoms with E-state index in [-0.39, 0.29) is 17.2 Å². The van der Waals surface area contributed by atoms with Crippen LogP contribution in [0.4, 0.5) is 5.69 Å². The number of fused-ring (bicyclic) bond motifs is 1. The van der Waals surface area contributed by atoms with Gasteiger partial charge in [-0.05, 0) is 42.0 Å². The Morgan fingerprint density at radius 2 is 1.70 bits per heavy atom. The van der Waals surface area contributed by atoms with Gasteiger partial charge in [-0.2, -0.15) is 0 Å². The summed E-state index contributed by atoms with van der Waals surface area (Å²) in [7, 11) is 0. The van der Waals surface area contributed by atoms with Gasteiger partial charge in [-0.15, -0.1) is 0 Å². The number of amides is 1. The van der Waals surface area contributed by atoms with Crippen molar-refractivity contribution in [1.82, 2.24) is 0 Å². The summed E-state index contributed by atoms with van der Waals surface area (Å²) in [6, 6.07) is 18.1. The van der Waals surface area contributed by atoms with Gasteiger partial charge in [0.05, 0.1) is 17.9 Å². The molecule has 0 aliphatic rings. The summed E-state index contributed by atoms with van der Waals surface area (Å²) in [5.74, 6) is 0.180. The van der Waals surface area contributed by atoms with Gasteiger partial charge in [0.1, 0.15) is 11.5 Å². The molecule has 2 N–H and O–H groups in total. The van der Waals surface area contributed by atoms with Gasteiger partial charge in [-0.25, -0.2) is 0 Å². The first-order valence-electron chi connectivity index (χ1n) is 7.44. The van der Waals surface area contributed by atoms with Crippen molar-refractivity contribution in [3.8, 4) is 11.5 Å². The number of nitrogens with one attached hydrogen (secondary N) is 1. The Morgan fingerprint density at radius 3 is 2.43 bits per heavy atom. The van der Waals surface area contributed by atoms with E-state index in [1.807, 2.05) is 43.3 Å². The molecular weight excluding hydrogens is 290 g/mol. The largest absolute Gasteiger partial charge is 0.507 e. The molecule has 116 valence electrons. The molecule has 0 aliphatic carbocycles. The molecule has 23 heavy (non-hydrogen) atoms. The normalized spacial score (nSPS) is 10.5. The van der Waals surface area contributed by atoms with Crippen LogP contribution in [0.3, 0.4) is 0 Å². The Kier molecular flexibility index (Phi) is 4.15. The number of para-hydroxylation sites is 2. The summed E-state index contributed by atoms with van der Waals surface area (Å²) in [6.07, 6.45) is 0. The Bertz CT molecular complexity index is 858. The van der Waals surface area contributed by atoms with E-state index >= 15 is 0 Å². The van der Waals surface area contributed by atoms with Crippen molar-refractivity contribution in [2.45, 2.75) is 6.92 Å². The predicted octanol–water partition coefficient (Wildman–Crippen LogP) is 4.20. The molecule has 0 unspecified atom stereocenters. The van der Waals surface area contributed by atoms with Crippen molar-refractivity contribution < 1.29 is 14.6 Å². The smallest absolute Gasteiger partial charge is 0.259 e. The van der Waals surface area contributed by atoms with Crippen LogP contribution in [0, 0.1) is 0 Å². The molecule has 0 saturated heterocycles. The van der Waals surface area contributed by atoms with Crippen LogP contribution in [-0.2, 0) is 0 Å². The second kappa shape index (κ2) is 6.40. The number of rotatable bonds is 4. The molecular formula is C19H17NO3. The van der Waals surface area contributed by atoms with Gasteiger partial charge in [0.25, 0.3) is 5.91 Å². The molecule has 1 amide bonds. The number of carbonyl (C=O) groups is 1. The number of anilines is 1. The van der Waals surface area contributed by atoms with E-state index < -0.39 is 0 Å². The molecule has 3 aromatic rings. The van der Waals surface area contributed by atoms with E-state index in [4.69, 9.17) is 4.74 Å². The molecule has 3 rings (SSSR count). The highest BCUT2D eigenvalue weighted by atomic mass is 16.5. The van der Waals surface area contributed by atoms with Crippen molar-refractivity contribution >= 4 is 22.4 Å². The molecule has 4 heteroatoms. The molecule has 0 heterocycles. The minimum absolute atomic E-state index is 0.0462. The third-order valence-corrected chi connectivity index (χ3v) is 3.54. The van der Waals surface area contributed by atoms with E-state index in [0.29, 0.717) is 18.0 Å². The molecule has 4 nitrogen and oxygen atoms in total. The van der Waals surface area contributed by atoms with Gasteiger partial charge < -0.3 is 15.2 Å². The summed E-state index contributed by atoms with van der Waals surface area (Å²) in [5, 5.41) is 14.7. The van der Waals surface area contributed by atoms with Crippen LogP contribution in [0.15, 0.2) is 60.7 Å². The zero-order valence-corrected chi connectivity index (χ0v) is 12.7. The van der Waals surface area contributed by atoms with Crippen molar-refractivity contribution in [1.29, 1.82) is 0 Å². The first kappa shape index (κ1) is 14.9. The number of benzene rings is 3. The maximum atomic E-state index is 12.5. The van der Waals surface area contributed by atoms with Gasteiger partial charge in [-0.1, -0.05) is 36.4 Å². The summed E-state index contributed by atoms with van der Waals surface area (Å²) in [6.45, 7) is 2.39. The van der Waals surface area contributed by atoms with Crippen molar-refractivity contribution in [2.24, 2.45) is 0 Å². The molecule has 0 atom stereocenters. The summed E-state index contributed by atoms with van der Waals surface area (Å²) < 4.78 is 5.50. The van der Waals surface area contributed by atoms with Crippen molar-refractivity contribution in [3.05, 3.63) is 66.2 Å². The number of phenols is 1. The molecule has 0 bridgehead atoms. The Hall–Kier alpha value is -3.01. The summed E-state index contributed by atoms with van der Waals surface area (Å²) >= 11 is 0. The Labute approximate surface area is 134 Å². The summed E-state index contributed by atoms with van der Waals surface area (Å²) in [4.78, 5) is 12.5. The SMILES string of the molecule is CCOc1ccccc1NC(=O)c1cc2ccccc2cc1O. The first-order valence-corrected chi connectivity index (χ1v) is 7.44. The van der Waals surface area contributed by atoms with Crippen LogP contribution in [0.5, 0.6) is 11.5 Å². The first-order chi connectivity index (χ1) is 11.2. The number of ether oxygens (including phenoxy) is 1. The highest BCUT2D eigenvalue weighted by molar-refractivity contribution is 6.09. The lowest BCUT2D eigenvalue weighted by Gasteiger charge is -2.12. The highest BCUT2D eigenvalue weighted by Crippen LogP contribution is 2.28. The number of hydrogen-bond acceptors (Lipinski definition) is 3. The molecule has 0 aromatic heterocycles. The third-order valence-electron chi connectivity index (χ3n) is 3.54. The minimum Gasteiger partial charge on any atom is -0.507 e. The third kappa shape index (κ3) is 3.11. The topological polar surface area (TPSA) is 58.6 Å². The maximum Gasteiger partial charge on any atom is 0.259 e. The predicted molar refractivity (Wildman–Crippen MR) is 91.2 cm³/mol. The molecule has 0 aliphatic heterocycles. The maximum absolute atomic E-state index is 12.5. The minimum atomic E-state index is -0.375. The van der Waals surface area contributed by atoms with E-state index in [1.54, 1.807) is 24.3 Å². The van der Waals surface area contributed by atoms with E-state index in [1.165, 1.54) is 0 Å². The fourth-order valence-corrected chi connectivity index (χ4v) is 2.45. The van der Waals surface area contributed by atoms with Crippen LogP contribution in [0.25, 0.3) is 10.8 Å². The molecule has 0 radical (unpaired) electrons. The molecule has 3 aromatic carbocycles. The van der Waals surface area contributed by atoms with Gasteiger partial charge in [0.15, 0.2) is 0 Å². The fraction of sp³-hybridized carbons (Fsp3) is 0.105. The Balaban J connectivity index is 1.93. The lowest BCUT2D eigenvalue weighted by atomic mass is 10.1. The van der Waals surface area contributed by atoms with E-state index in [9.17, 15) is 9.90 Å². The Morgan fingerprint density at radius 1 is 1.04 bits per heavy atom. The van der Waals surface area contributed by atoms with E-state index in [0.717, 1.165) is 10.8 Å². The monoisotopic (exact) mass is 307 g/mol. The second-order valence-corrected chi connectivity index (χ2v) is 5.10. The molecule has 0 saturated carbocycles. The standard InChI is InChI=1S/C19H17NO3/c1-2-23-18-10-6-5-9-16(18)20-19(22)15-11-13-7-3-4-8-14(13)12-17(15)21/h3-12,21H,2H2,1H3,(H,20,22). The second-order valence-electron chi connectivity index (χ2n) is 5.10. The van der Waals surface area contributed by atoms with Gasteiger partial charge >= 0.3 is 0 Å². The van der Waals surface area contributed by atoms with Crippen LogP contribution in [-0.4, -0.2) is 17.6 Å². The van der Waals surface area contributed by atoms with Crippen LogP contribution >= 0.6 is 0 Å². The average molecular weight is 307 g/mol. The van der Waals surface area contributed by atoms with Crippen molar-refractivity contribution in [2.75, 3.05) is 11.9 Å². The zero-order chi connectivity index (χ0) is 16.2. The van der Waals surface area contributed by atoms with Crippen molar-refractivity contribution in [3.63, 3.8) is 0 Å². The number of carbonyl (C=O) groups excluding carboxylic acids is 1. The quantitative estimate of drug-likeness (QED) is 0.759. The summed E-state index contributed by atoms with van der Waals surface area (Å²) in [5.41, 5.74) is 0.807. The number of phenolic OH excluding ortho intramolecular Hbond substituents is 1. The highest BCUT2D eigenvalue weighted by Gasteiger charge is 2.14. The lowest BCUT2D eigenvalue weighted by molar-refractivity contribution is 0.102. The fourth-order valence-electron chi connectivity index (χ4n) is 2.45. The van der Waals surface area contributed by atoms with Crippen LogP contribution < -0.4 is 10.1 Å². The van der Waals surface area contributed by atoms with Gasteiger partial charge in [-0.3, -0.25) is 4.79 Å². The van der Waals surface area contributed by atoms with Crippen LogP contribution in [0.1, 0.15) is 17.3 Å². The molecule has 0 fully saturated rings. The zero-order valence-electron chi connectivity index (χ0n) is 12.7. The number of aromatic hydroxyl groups is 1. The van der Waals surface area contributed by atoms with Gasteiger partial charge in [0.2, 0.25) is 0 Å². The average Bonchev–Trinajstić information content (AvgIpc) is 2.56. The molecule has 0 spiro atoms.